The van der Waals surface area contributed by atoms with E-state index < -0.39 is 0 Å². The predicted molar refractivity (Wildman–Crippen MR) is 76.7 cm³/mol. The van der Waals surface area contributed by atoms with Crippen LogP contribution in [0.1, 0.15) is 29.5 Å². The van der Waals surface area contributed by atoms with Crippen LogP contribution in [-0.2, 0) is 5.41 Å². The van der Waals surface area contributed by atoms with Crippen LogP contribution < -0.4 is 15.2 Å². The van der Waals surface area contributed by atoms with Gasteiger partial charge < -0.3 is 15.2 Å². The average molecular weight is 314 g/mol. The minimum Gasteiger partial charge on any atom is -0.493 e. The Morgan fingerprint density at radius 3 is 2.06 bits per heavy atom. The fourth-order valence-electron chi connectivity index (χ4n) is 2.73. The van der Waals surface area contributed by atoms with E-state index in [0.29, 0.717) is 6.54 Å². The van der Waals surface area contributed by atoms with Crippen molar-refractivity contribution in [2.75, 3.05) is 20.8 Å². The predicted octanol–water partition coefficient (Wildman–Crippen LogP) is 3.07. The van der Waals surface area contributed by atoms with Gasteiger partial charge in [0.05, 0.1) is 14.2 Å². The molecule has 18 heavy (non-hydrogen) atoms. The number of nitrogens with two attached hydrogens (primary N) is 1. The van der Waals surface area contributed by atoms with Gasteiger partial charge in [-0.15, -0.1) is 0 Å². The van der Waals surface area contributed by atoms with Crippen LogP contribution >= 0.6 is 15.9 Å². The van der Waals surface area contributed by atoms with Crippen LogP contribution in [-0.4, -0.2) is 20.8 Å². The maximum Gasteiger partial charge on any atom is 0.165 e. The number of ether oxygens (including phenoxy) is 2. The molecule has 0 radical (unpaired) electrons. The van der Waals surface area contributed by atoms with Crippen molar-refractivity contribution in [3.05, 3.63) is 21.2 Å². The highest BCUT2D eigenvalue weighted by Gasteiger charge is 2.47. The van der Waals surface area contributed by atoms with Crippen LogP contribution in [0.25, 0.3) is 0 Å². The highest BCUT2D eigenvalue weighted by Crippen LogP contribution is 2.56. The van der Waals surface area contributed by atoms with E-state index in [-0.39, 0.29) is 5.41 Å². The second-order valence-corrected chi connectivity index (χ2v) is 5.78. The Morgan fingerprint density at radius 2 is 1.67 bits per heavy atom. The van der Waals surface area contributed by atoms with Crippen molar-refractivity contribution in [3.63, 3.8) is 0 Å². The summed E-state index contributed by atoms with van der Waals surface area (Å²) in [5, 5.41) is 0. The molecule has 1 aliphatic carbocycles. The molecular formula is C14H20BrNO2. The molecule has 0 aliphatic heterocycles. The van der Waals surface area contributed by atoms with Crippen molar-refractivity contribution in [3.8, 4) is 11.5 Å². The largest absolute Gasteiger partial charge is 0.493 e. The molecule has 0 heterocycles. The lowest BCUT2D eigenvalue weighted by Crippen LogP contribution is -2.22. The van der Waals surface area contributed by atoms with E-state index >= 15 is 0 Å². The first-order valence-electron chi connectivity index (χ1n) is 6.13. The summed E-state index contributed by atoms with van der Waals surface area (Å²) < 4.78 is 12.2. The Bertz CT molecular complexity index is 481. The monoisotopic (exact) mass is 313 g/mol. The van der Waals surface area contributed by atoms with Gasteiger partial charge >= 0.3 is 0 Å². The van der Waals surface area contributed by atoms with E-state index in [1.165, 1.54) is 11.1 Å². The van der Waals surface area contributed by atoms with Crippen molar-refractivity contribution < 1.29 is 9.47 Å². The molecule has 4 heteroatoms. The molecule has 0 saturated heterocycles. The van der Waals surface area contributed by atoms with Gasteiger partial charge in [-0.25, -0.2) is 0 Å². The zero-order chi connectivity index (χ0) is 13.5. The second-order valence-electron chi connectivity index (χ2n) is 4.99. The highest BCUT2D eigenvalue weighted by molar-refractivity contribution is 9.10. The number of benzene rings is 1. The van der Waals surface area contributed by atoms with E-state index in [1.807, 2.05) is 6.92 Å². The van der Waals surface area contributed by atoms with Gasteiger partial charge in [0.25, 0.3) is 0 Å². The summed E-state index contributed by atoms with van der Waals surface area (Å²) in [7, 11) is 3.37. The Morgan fingerprint density at radius 1 is 1.11 bits per heavy atom. The minimum atomic E-state index is 0.0823. The zero-order valence-electron chi connectivity index (χ0n) is 11.4. The molecule has 0 atom stereocenters. The van der Waals surface area contributed by atoms with Crippen molar-refractivity contribution >= 4 is 15.9 Å². The molecule has 3 nitrogen and oxygen atoms in total. The van der Waals surface area contributed by atoms with Crippen LogP contribution in [0.2, 0.25) is 0 Å². The topological polar surface area (TPSA) is 44.5 Å². The molecule has 1 saturated carbocycles. The average Bonchev–Trinajstić information content (AvgIpc) is 3.16. The van der Waals surface area contributed by atoms with Gasteiger partial charge in [-0.1, -0.05) is 15.9 Å². The molecule has 0 spiro atoms. The summed E-state index contributed by atoms with van der Waals surface area (Å²) in [6.07, 6.45) is 2.25. The summed E-state index contributed by atoms with van der Waals surface area (Å²) in [5.41, 5.74) is 9.54. The van der Waals surface area contributed by atoms with Crippen molar-refractivity contribution in [1.29, 1.82) is 0 Å². The van der Waals surface area contributed by atoms with Gasteiger partial charge in [-0.3, -0.25) is 0 Å². The fraction of sp³-hybridized carbons (Fsp3) is 0.571. The molecule has 100 valence electrons. The molecule has 1 aromatic rings. The number of methoxy groups -OCH3 is 2. The van der Waals surface area contributed by atoms with Gasteiger partial charge in [0.1, 0.15) is 0 Å². The van der Waals surface area contributed by atoms with E-state index in [4.69, 9.17) is 15.2 Å². The molecule has 0 unspecified atom stereocenters. The van der Waals surface area contributed by atoms with Crippen molar-refractivity contribution in [1.82, 2.24) is 0 Å². The van der Waals surface area contributed by atoms with Crippen LogP contribution in [0.15, 0.2) is 4.47 Å². The van der Waals surface area contributed by atoms with Gasteiger partial charge in [0.15, 0.2) is 11.5 Å². The Labute approximate surface area is 117 Å². The van der Waals surface area contributed by atoms with Crippen LogP contribution in [0.4, 0.5) is 0 Å². The third-order valence-electron chi connectivity index (χ3n) is 3.99. The molecule has 1 aliphatic rings. The van der Waals surface area contributed by atoms with Crippen LogP contribution in [0, 0.1) is 13.8 Å². The maximum absolute atomic E-state index is 5.96. The summed E-state index contributed by atoms with van der Waals surface area (Å²) in [6.45, 7) is 4.80. The third-order valence-corrected chi connectivity index (χ3v) is 5.18. The zero-order valence-corrected chi connectivity index (χ0v) is 13.0. The van der Waals surface area contributed by atoms with E-state index in [1.54, 1.807) is 14.2 Å². The molecule has 0 aromatic heterocycles. The molecule has 0 amide bonds. The van der Waals surface area contributed by atoms with Gasteiger partial charge in [-0.2, -0.15) is 0 Å². The number of rotatable bonds is 4. The van der Waals surface area contributed by atoms with E-state index in [2.05, 4.69) is 22.9 Å². The summed E-state index contributed by atoms with van der Waals surface area (Å²) in [4.78, 5) is 0. The lowest BCUT2D eigenvalue weighted by atomic mass is 9.89. The Kier molecular flexibility index (Phi) is 3.60. The highest BCUT2D eigenvalue weighted by atomic mass is 79.9. The second kappa shape index (κ2) is 4.74. The Balaban J connectivity index is 2.75. The van der Waals surface area contributed by atoms with Crippen LogP contribution in [0.3, 0.4) is 0 Å². The van der Waals surface area contributed by atoms with E-state index in [9.17, 15) is 0 Å². The van der Waals surface area contributed by atoms with Crippen LogP contribution in [0.5, 0.6) is 11.5 Å². The third kappa shape index (κ3) is 1.82. The first kappa shape index (κ1) is 13.7. The van der Waals surface area contributed by atoms with Gasteiger partial charge in [-0.05, 0) is 32.3 Å². The number of hydrogen-bond donors (Lipinski definition) is 1. The molecule has 1 aromatic carbocycles. The lowest BCUT2D eigenvalue weighted by molar-refractivity contribution is 0.345. The van der Waals surface area contributed by atoms with Gasteiger partial charge in [0, 0.05) is 27.6 Å². The first-order chi connectivity index (χ1) is 8.52. The summed E-state index contributed by atoms with van der Waals surface area (Å²) >= 11 is 3.66. The Hall–Kier alpha value is -0.740. The molecule has 0 bridgehead atoms. The van der Waals surface area contributed by atoms with E-state index in [0.717, 1.165) is 34.4 Å². The molecule has 2 N–H and O–H groups in total. The lowest BCUT2D eigenvalue weighted by Gasteiger charge is -2.24. The fourth-order valence-corrected chi connectivity index (χ4v) is 3.11. The van der Waals surface area contributed by atoms with Crippen molar-refractivity contribution in [2.24, 2.45) is 5.73 Å². The van der Waals surface area contributed by atoms with Gasteiger partial charge in [0.2, 0.25) is 0 Å². The summed E-state index contributed by atoms with van der Waals surface area (Å²) in [6, 6.07) is 0. The maximum atomic E-state index is 5.96. The number of halogens is 1. The standard InChI is InChI=1S/C14H20BrNO2/c1-8-10(14(7-16)5-6-14)13(18-4)12(17-3)9(2)11(8)15/h5-7,16H2,1-4H3. The number of hydrogen-bond acceptors (Lipinski definition) is 3. The first-order valence-corrected chi connectivity index (χ1v) is 6.93. The molecular weight excluding hydrogens is 294 g/mol. The SMILES string of the molecule is COc1c(C)c(Br)c(C)c(C2(CN)CC2)c1OC. The quantitative estimate of drug-likeness (QED) is 0.929. The van der Waals surface area contributed by atoms with Crippen molar-refractivity contribution in [2.45, 2.75) is 32.1 Å². The normalized spacial score (nSPS) is 16.6. The summed E-state index contributed by atoms with van der Waals surface area (Å²) in [5.74, 6) is 1.66. The molecule has 2 rings (SSSR count). The minimum absolute atomic E-state index is 0.0823. The molecule has 1 fully saturated rings. The smallest absolute Gasteiger partial charge is 0.165 e.